The van der Waals surface area contributed by atoms with Crippen molar-refractivity contribution in [3.8, 4) is 5.75 Å². The maximum atomic E-state index is 13.6. The Hall–Kier alpha value is -2.62. The molecule has 0 bridgehead atoms. The van der Waals surface area contributed by atoms with E-state index in [4.69, 9.17) is 9.15 Å². The average molecular weight is 396 g/mol. The molecule has 0 spiro atoms. The second kappa shape index (κ2) is 10.5. The van der Waals surface area contributed by atoms with Gasteiger partial charge in [-0.3, -0.25) is 9.59 Å². The van der Waals surface area contributed by atoms with Crippen molar-refractivity contribution in [2.24, 2.45) is 0 Å². The summed E-state index contributed by atoms with van der Waals surface area (Å²) >= 11 is 1.03. The molecule has 0 unspecified atom stereocenters. The van der Waals surface area contributed by atoms with Gasteiger partial charge in [0, 0.05) is 6.54 Å². The van der Waals surface area contributed by atoms with Gasteiger partial charge in [0.15, 0.2) is 17.7 Å². The lowest BCUT2D eigenvalue weighted by molar-refractivity contribution is -0.124. The molecule has 0 saturated heterocycles. The van der Waals surface area contributed by atoms with E-state index >= 15 is 0 Å². The van der Waals surface area contributed by atoms with Crippen LogP contribution in [0.1, 0.15) is 32.3 Å². The second-order valence-corrected chi connectivity index (χ2v) is 6.44. The standard InChI is InChI=1S/C17H21FN4O4S/c1-3-8-19-14(23)9-20-15(24)10-27-17-22-21-16(26-17)11(2)25-13-7-5-4-6-12(13)18/h4-7,11H,3,8-10H2,1-2H3,(H,19,23)(H,20,24)/t11-/m0/s1. The number of nitrogens with one attached hydrogen (secondary N) is 2. The molecule has 0 aliphatic rings. The highest BCUT2D eigenvalue weighted by atomic mass is 32.2. The lowest BCUT2D eigenvalue weighted by Crippen LogP contribution is -2.37. The SMILES string of the molecule is CCCNC(=O)CNC(=O)CSc1nnc([C@H](C)Oc2ccccc2F)o1. The lowest BCUT2D eigenvalue weighted by atomic mass is 10.3. The van der Waals surface area contributed by atoms with Gasteiger partial charge in [-0.25, -0.2) is 4.39 Å². The number of nitrogens with zero attached hydrogens (tertiary/aromatic N) is 2. The number of benzene rings is 1. The number of carbonyl (C=O) groups excluding carboxylic acids is 2. The van der Waals surface area contributed by atoms with E-state index in [1.165, 1.54) is 12.1 Å². The molecule has 10 heteroatoms. The first-order valence-electron chi connectivity index (χ1n) is 8.40. The molecule has 2 N–H and O–H groups in total. The van der Waals surface area contributed by atoms with Crippen LogP contribution in [0.4, 0.5) is 4.39 Å². The smallest absolute Gasteiger partial charge is 0.277 e. The molecule has 1 atom stereocenters. The first-order chi connectivity index (χ1) is 13.0. The monoisotopic (exact) mass is 396 g/mol. The summed E-state index contributed by atoms with van der Waals surface area (Å²) in [5.41, 5.74) is 0. The summed E-state index contributed by atoms with van der Waals surface area (Å²) in [5.74, 6) is -0.793. The van der Waals surface area contributed by atoms with Crippen molar-refractivity contribution in [3.63, 3.8) is 0 Å². The molecule has 0 aliphatic heterocycles. The number of ether oxygens (including phenoxy) is 1. The molecule has 1 aromatic heterocycles. The first kappa shape index (κ1) is 20.7. The topological polar surface area (TPSA) is 106 Å². The van der Waals surface area contributed by atoms with Crippen LogP contribution in [0, 0.1) is 5.82 Å². The predicted molar refractivity (Wildman–Crippen MR) is 96.8 cm³/mol. The number of aromatic nitrogens is 2. The molecular formula is C17H21FN4O4S. The minimum atomic E-state index is -0.653. The largest absolute Gasteiger partial charge is 0.478 e. The highest BCUT2D eigenvalue weighted by Gasteiger charge is 2.18. The van der Waals surface area contributed by atoms with E-state index in [0.29, 0.717) is 6.54 Å². The summed E-state index contributed by atoms with van der Waals surface area (Å²) in [6.45, 7) is 4.08. The molecule has 0 saturated carbocycles. The normalized spacial score (nSPS) is 11.7. The molecule has 1 aromatic carbocycles. The minimum absolute atomic E-state index is 0.0191. The van der Waals surface area contributed by atoms with E-state index in [2.05, 4.69) is 20.8 Å². The molecule has 27 heavy (non-hydrogen) atoms. The lowest BCUT2D eigenvalue weighted by Gasteiger charge is -2.11. The van der Waals surface area contributed by atoms with Crippen molar-refractivity contribution >= 4 is 23.6 Å². The van der Waals surface area contributed by atoms with Crippen LogP contribution in [0.2, 0.25) is 0 Å². The van der Waals surface area contributed by atoms with Crippen LogP contribution in [0.15, 0.2) is 33.9 Å². The summed E-state index contributed by atoms with van der Waals surface area (Å²) in [4.78, 5) is 23.2. The summed E-state index contributed by atoms with van der Waals surface area (Å²) in [5, 5.41) is 13.0. The van der Waals surface area contributed by atoms with Crippen molar-refractivity contribution < 1.29 is 23.1 Å². The molecule has 146 valence electrons. The zero-order chi connectivity index (χ0) is 19.6. The Kier molecular flexibility index (Phi) is 8.05. The number of thioether (sulfide) groups is 1. The third kappa shape index (κ3) is 6.89. The molecule has 0 aliphatic carbocycles. The molecule has 0 radical (unpaired) electrons. The summed E-state index contributed by atoms with van der Waals surface area (Å²) in [6.07, 6.45) is 0.175. The average Bonchev–Trinajstić information content (AvgIpc) is 3.14. The quantitative estimate of drug-likeness (QED) is 0.592. The Morgan fingerprint density at radius 2 is 2.04 bits per heavy atom. The fourth-order valence-corrected chi connectivity index (χ4v) is 2.51. The van der Waals surface area contributed by atoms with Gasteiger partial charge in [0.05, 0.1) is 12.3 Å². The molecule has 1 heterocycles. The van der Waals surface area contributed by atoms with E-state index < -0.39 is 11.9 Å². The van der Waals surface area contributed by atoms with Crippen LogP contribution in [0.5, 0.6) is 5.75 Å². The van der Waals surface area contributed by atoms with Crippen LogP contribution >= 0.6 is 11.8 Å². The molecular weight excluding hydrogens is 375 g/mol. The highest BCUT2D eigenvalue weighted by Crippen LogP contribution is 2.25. The van der Waals surface area contributed by atoms with Crippen LogP contribution < -0.4 is 15.4 Å². The van der Waals surface area contributed by atoms with E-state index in [9.17, 15) is 14.0 Å². The van der Waals surface area contributed by atoms with Gasteiger partial charge in [-0.2, -0.15) is 0 Å². The van der Waals surface area contributed by atoms with Gasteiger partial charge in [-0.05, 0) is 25.5 Å². The Morgan fingerprint density at radius 3 is 2.78 bits per heavy atom. The number of carbonyl (C=O) groups is 2. The second-order valence-electron chi connectivity index (χ2n) is 5.51. The number of para-hydroxylation sites is 1. The van der Waals surface area contributed by atoms with Gasteiger partial charge in [-0.15, -0.1) is 10.2 Å². The zero-order valence-electron chi connectivity index (χ0n) is 15.0. The highest BCUT2D eigenvalue weighted by molar-refractivity contribution is 7.99. The number of halogens is 1. The molecule has 8 nitrogen and oxygen atoms in total. The van der Waals surface area contributed by atoms with Gasteiger partial charge < -0.3 is 19.8 Å². The first-order valence-corrected chi connectivity index (χ1v) is 9.39. The molecule has 2 rings (SSSR count). The van der Waals surface area contributed by atoms with Gasteiger partial charge in [0.25, 0.3) is 11.1 Å². The Balaban J connectivity index is 1.77. The van der Waals surface area contributed by atoms with Crippen LogP contribution in [0.25, 0.3) is 0 Å². The van der Waals surface area contributed by atoms with Crippen molar-refractivity contribution in [2.45, 2.75) is 31.6 Å². The van der Waals surface area contributed by atoms with Crippen LogP contribution in [-0.2, 0) is 9.59 Å². The number of hydrogen-bond acceptors (Lipinski definition) is 7. The third-order valence-electron chi connectivity index (χ3n) is 3.26. The van der Waals surface area contributed by atoms with Gasteiger partial charge in [0.1, 0.15) is 0 Å². The van der Waals surface area contributed by atoms with Gasteiger partial charge in [0.2, 0.25) is 11.8 Å². The van der Waals surface area contributed by atoms with Crippen LogP contribution in [0.3, 0.4) is 0 Å². The van der Waals surface area contributed by atoms with E-state index in [0.717, 1.165) is 18.2 Å². The zero-order valence-corrected chi connectivity index (χ0v) is 15.8. The summed E-state index contributed by atoms with van der Waals surface area (Å²) in [6, 6.07) is 6.01. The summed E-state index contributed by atoms with van der Waals surface area (Å²) in [7, 11) is 0. The Bertz CT molecular complexity index is 771. The van der Waals surface area contributed by atoms with Crippen molar-refractivity contribution in [3.05, 3.63) is 36.0 Å². The molecule has 2 amide bonds. The van der Waals surface area contributed by atoms with E-state index in [1.54, 1.807) is 19.1 Å². The van der Waals surface area contributed by atoms with Crippen molar-refractivity contribution in [1.29, 1.82) is 0 Å². The van der Waals surface area contributed by atoms with Crippen LogP contribution in [-0.4, -0.2) is 40.9 Å². The number of hydrogen-bond donors (Lipinski definition) is 2. The van der Waals surface area contributed by atoms with Crippen molar-refractivity contribution in [2.75, 3.05) is 18.8 Å². The van der Waals surface area contributed by atoms with Crippen molar-refractivity contribution in [1.82, 2.24) is 20.8 Å². The fourth-order valence-electron chi connectivity index (χ4n) is 1.91. The maximum Gasteiger partial charge on any atom is 0.277 e. The molecule has 2 aromatic rings. The van der Waals surface area contributed by atoms with Gasteiger partial charge >= 0.3 is 0 Å². The maximum absolute atomic E-state index is 13.6. The molecule has 0 fully saturated rings. The predicted octanol–water partition coefficient (Wildman–Crippen LogP) is 2.08. The summed E-state index contributed by atoms with van der Waals surface area (Å²) < 4.78 is 24.5. The Morgan fingerprint density at radius 1 is 1.26 bits per heavy atom. The third-order valence-corrected chi connectivity index (χ3v) is 4.07. The fraction of sp³-hybridized carbons (Fsp3) is 0.412. The Labute approximate surface area is 160 Å². The van der Waals surface area contributed by atoms with Gasteiger partial charge in [-0.1, -0.05) is 30.8 Å². The number of amides is 2. The minimum Gasteiger partial charge on any atom is -0.478 e. The van der Waals surface area contributed by atoms with E-state index in [1.807, 2.05) is 6.92 Å². The number of rotatable bonds is 10. The van der Waals surface area contributed by atoms with E-state index in [-0.39, 0.29) is 41.0 Å².